The van der Waals surface area contributed by atoms with Gasteiger partial charge in [-0.25, -0.2) is 0 Å². The van der Waals surface area contributed by atoms with E-state index in [0.29, 0.717) is 0 Å². The summed E-state index contributed by atoms with van der Waals surface area (Å²) < 4.78 is 5.29. The second-order valence-corrected chi connectivity index (χ2v) is 4.43. The number of hydrogen-bond acceptors (Lipinski definition) is 1. The summed E-state index contributed by atoms with van der Waals surface area (Å²) in [6.45, 7) is 4.12. The van der Waals surface area contributed by atoms with Crippen LogP contribution >= 0.6 is 0 Å². The molecule has 0 saturated heterocycles. The van der Waals surface area contributed by atoms with Gasteiger partial charge in [0.15, 0.2) is 0 Å². The molecule has 1 heteroatoms. The molecule has 0 fully saturated rings. The van der Waals surface area contributed by atoms with Crippen molar-refractivity contribution in [2.75, 3.05) is 7.11 Å². The van der Waals surface area contributed by atoms with Crippen molar-refractivity contribution in [3.05, 3.63) is 48.9 Å². The first kappa shape index (κ1) is 11.3. The lowest BCUT2D eigenvalue weighted by Gasteiger charge is -2.33. The van der Waals surface area contributed by atoms with Crippen molar-refractivity contribution < 1.29 is 4.74 Å². The molecular formula is C15H19O. The molecular weight excluding hydrogens is 196 g/mol. The van der Waals surface area contributed by atoms with E-state index in [-0.39, 0.29) is 5.41 Å². The third kappa shape index (κ3) is 1.99. The first-order valence-corrected chi connectivity index (χ1v) is 5.92. The third-order valence-electron chi connectivity index (χ3n) is 3.52. The molecule has 0 N–H and O–H groups in total. The lowest BCUT2D eigenvalue weighted by Crippen LogP contribution is -2.24. The van der Waals surface area contributed by atoms with Crippen molar-refractivity contribution in [2.45, 2.75) is 31.1 Å². The van der Waals surface area contributed by atoms with Crippen molar-refractivity contribution >= 4 is 0 Å². The van der Waals surface area contributed by atoms with Crippen molar-refractivity contribution in [3.63, 3.8) is 0 Å². The summed E-state index contributed by atoms with van der Waals surface area (Å²) in [5.74, 6) is 0.935. The Kier molecular flexibility index (Phi) is 3.33. The lowest BCUT2D eigenvalue weighted by molar-refractivity contribution is 0.409. The first-order chi connectivity index (χ1) is 7.80. The Balaban J connectivity index is 2.39. The van der Waals surface area contributed by atoms with Gasteiger partial charge in [0, 0.05) is 5.41 Å². The molecule has 1 unspecified atom stereocenters. The summed E-state index contributed by atoms with van der Waals surface area (Å²) in [6.07, 6.45) is 9.18. The van der Waals surface area contributed by atoms with Crippen molar-refractivity contribution in [2.24, 2.45) is 0 Å². The first-order valence-electron chi connectivity index (χ1n) is 5.92. The van der Waals surface area contributed by atoms with Gasteiger partial charge in [-0.2, -0.15) is 0 Å². The predicted molar refractivity (Wildman–Crippen MR) is 67.6 cm³/mol. The fraction of sp³-hybridized carbons (Fsp3) is 0.400. The third-order valence-corrected chi connectivity index (χ3v) is 3.52. The molecule has 0 heterocycles. The van der Waals surface area contributed by atoms with Crippen LogP contribution in [0.3, 0.4) is 0 Å². The summed E-state index contributed by atoms with van der Waals surface area (Å²) in [7, 11) is 1.71. The summed E-state index contributed by atoms with van der Waals surface area (Å²) in [5, 5.41) is 0. The maximum absolute atomic E-state index is 5.29. The van der Waals surface area contributed by atoms with Gasteiger partial charge in [-0.15, -0.1) is 0 Å². The molecule has 0 aliphatic heterocycles. The lowest BCUT2D eigenvalue weighted by atomic mass is 9.72. The molecule has 16 heavy (non-hydrogen) atoms. The zero-order valence-electron chi connectivity index (χ0n) is 9.91. The van der Waals surface area contributed by atoms with Crippen molar-refractivity contribution in [1.29, 1.82) is 0 Å². The Hall–Kier alpha value is -1.24. The molecule has 1 aliphatic carbocycles. The van der Waals surface area contributed by atoms with Crippen LogP contribution in [-0.4, -0.2) is 7.11 Å². The van der Waals surface area contributed by atoms with Gasteiger partial charge in [0.1, 0.15) is 5.75 Å². The van der Waals surface area contributed by atoms with E-state index in [2.05, 4.69) is 37.3 Å². The molecule has 1 aromatic rings. The zero-order valence-corrected chi connectivity index (χ0v) is 9.91. The Morgan fingerprint density at radius 3 is 2.94 bits per heavy atom. The molecule has 0 bridgehead atoms. The van der Waals surface area contributed by atoms with Gasteiger partial charge in [0.2, 0.25) is 0 Å². The van der Waals surface area contributed by atoms with Crippen LogP contribution < -0.4 is 4.74 Å². The van der Waals surface area contributed by atoms with Crippen LogP contribution in [0.5, 0.6) is 5.75 Å². The Labute approximate surface area is 98.1 Å². The molecule has 1 nitrogen and oxygen atoms in total. The summed E-state index contributed by atoms with van der Waals surface area (Å²) in [6, 6.07) is 8.38. The molecule has 0 spiro atoms. The molecule has 1 aliphatic rings. The average Bonchev–Trinajstić information content (AvgIpc) is 2.39. The number of hydrogen-bond donors (Lipinski definition) is 0. The highest BCUT2D eigenvalue weighted by atomic mass is 16.5. The van der Waals surface area contributed by atoms with Crippen LogP contribution in [0.15, 0.2) is 36.4 Å². The number of benzene rings is 1. The minimum atomic E-state index is 0.132. The van der Waals surface area contributed by atoms with Crippen LogP contribution in [0, 0.1) is 6.92 Å². The van der Waals surface area contributed by atoms with Gasteiger partial charge in [-0.1, -0.05) is 31.2 Å². The van der Waals surface area contributed by atoms with Crippen LogP contribution in [0.1, 0.15) is 31.2 Å². The molecule has 0 saturated carbocycles. The number of ether oxygens (including phenoxy) is 1. The highest BCUT2D eigenvalue weighted by molar-refractivity contribution is 5.38. The van der Waals surface area contributed by atoms with Crippen molar-refractivity contribution in [3.8, 4) is 5.75 Å². The fourth-order valence-electron chi connectivity index (χ4n) is 2.45. The quantitative estimate of drug-likeness (QED) is 0.695. The normalized spacial score (nSPS) is 24.4. The monoisotopic (exact) mass is 215 g/mol. The highest BCUT2D eigenvalue weighted by Gasteiger charge is 2.28. The molecule has 85 valence electrons. The maximum atomic E-state index is 5.29. The van der Waals surface area contributed by atoms with Crippen LogP contribution in [0.4, 0.5) is 0 Å². The molecule has 0 amide bonds. The van der Waals surface area contributed by atoms with Gasteiger partial charge >= 0.3 is 0 Å². The van der Waals surface area contributed by atoms with Gasteiger partial charge in [-0.3, -0.25) is 0 Å². The van der Waals surface area contributed by atoms with E-state index < -0.39 is 0 Å². The van der Waals surface area contributed by atoms with Gasteiger partial charge < -0.3 is 4.74 Å². The topological polar surface area (TPSA) is 9.23 Å². The van der Waals surface area contributed by atoms with Crippen LogP contribution in [-0.2, 0) is 5.41 Å². The predicted octanol–water partition coefficient (Wildman–Crippen LogP) is 3.90. The van der Waals surface area contributed by atoms with E-state index >= 15 is 0 Å². The average molecular weight is 215 g/mol. The Morgan fingerprint density at radius 2 is 2.31 bits per heavy atom. The molecule has 0 aromatic heterocycles. The van der Waals surface area contributed by atoms with E-state index in [0.717, 1.165) is 12.2 Å². The second kappa shape index (κ2) is 4.73. The van der Waals surface area contributed by atoms with E-state index in [4.69, 9.17) is 4.74 Å². The number of allylic oxidation sites excluding steroid dienone is 2. The maximum Gasteiger partial charge on any atom is 0.119 e. The van der Waals surface area contributed by atoms with Crippen LogP contribution in [0.2, 0.25) is 0 Å². The zero-order chi connectivity index (χ0) is 11.4. The second-order valence-electron chi connectivity index (χ2n) is 4.43. The van der Waals surface area contributed by atoms with Crippen molar-refractivity contribution in [1.82, 2.24) is 0 Å². The van der Waals surface area contributed by atoms with Gasteiger partial charge in [-0.05, 0) is 43.4 Å². The van der Waals surface area contributed by atoms with E-state index in [1.165, 1.54) is 24.8 Å². The molecule has 2 rings (SSSR count). The summed E-state index contributed by atoms with van der Waals surface area (Å²) >= 11 is 0. The molecule has 1 radical (unpaired) electrons. The van der Waals surface area contributed by atoms with Gasteiger partial charge in [0.05, 0.1) is 7.11 Å². The summed E-state index contributed by atoms with van der Waals surface area (Å²) in [4.78, 5) is 0. The van der Waals surface area contributed by atoms with E-state index in [1.54, 1.807) is 7.11 Å². The number of rotatable bonds is 3. The van der Waals surface area contributed by atoms with E-state index in [9.17, 15) is 0 Å². The Morgan fingerprint density at radius 1 is 1.44 bits per heavy atom. The largest absolute Gasteiger partial charge is 0.497 e. The SMILES string of the molecule is [CH2]CC1(c2cccc(OC)c2)C=CCCC1. The fourth-order valence-corrected chi connectivity index (χ4v) is 2.45. The smallest absolute Gasteiger partial charge is 0.119 e. The minimum absolute atomic E-state index is 0.132. The standard InChI is InChI=1S/C15H19O/c1-3-15(10-5-4-6-11-15)13-8-7-9-14(12-13)16-2/h5,7-10,12H,1,3-4,6,11H2,2H3. The highest BCUT2D eigenvalue weighted by Crippen LogP contribution is 2.38. The molecule has 1 atom stereocenters. The Bertz CT molecular complexity index is 381. The summed E-state index contributed by atoms with van der Waals surface area (Å²) in [5.41, 5.74) is 1.46. The minimum Gasteiger partial charge on any atom is -0.497 e. The molecule has 1 aromatic carbocycles. The van der Waals surface area contributed by atoms with Crippen LogP contribution in [0.25, 0.3) is 0 Å². The number of methoxy groups -OCH3 is 1. The van der Waals surface area contributed by atoms with E-state index in [1.807, 2.05) is 6.07 Å². The van der Waals surface area contributed by atoms with Gasteiger partial charge in [0.25, 0.3) is 0 Å².